The summed E-state index contributed by atoms with van der Waals surface area (Å²) in [6.07, 6.45) is 1.10. The Morgan fingerprint density at radius 2 is 1.87 bits per heavy atom. The third kappa shape index (κ3) is 5.98. The largest absolute Gasteiger partial charge is 0.503 e. The fourth-order valence-electron chi connectivity index (χ4n) is 2.88. The van der Waals surface area contributed by atoms with Gasteiger partial charge in [-0.25, -0.2) is 0 Å². The summed E-state index contributed by atoms with van der Waals surface area (Å²) < 4.78 is 5.99. The number of phenolic OH excluding ortho intramolecular Hbond substituents is 1. The lowest BCUT2D eigenvalue weighted by atomic mass is 9.94. The molecule has 23 heavy (non-hydrogen) atoms. The van der Waals surface area contributed by atoms with E-state index in [4.69, 9.17) is 4.74 Å². The molecule has 1 saturated heterocycles. The minimum Gasteiger partial charge on any atom is -0.503 e. The Morgan fingerprint density at radius 3 is 2.39 bits per heavy atom. The summed E-state index contributed by atoms with van der Waals surface area (Å²) in [4.78, 5) is 2.52. The highest BCUT2D eigenvalue weighted by atomic mass is 79.9. The number of ether oxygens (including phenoxy) is 1. The molecule has 0 unspecified atom stereocenters. The van der Waals surface area contributed by atoms with Gasteiger partial charge in [0.15, 0.2) is 11.5 Å². The van der Waals surface area contributed by atoms with Crippen molar-refractivity contribution in [1.82, 2.24) is 10.2 Å². The van der Waals surface area contributed by atoms with E-state index < -0.39 is 0 Å². The van der Waals surface area contributed by atoms with E-state index in [0.717, 1.165) is 32.6 Å². The van der Waals surface area contributed by atoms with Crippen LogP contribution >= 0.6 is 40.7 Å². The molecule has 0 aromatic heterocycles. The second-order valence-corrected chi connectivity index (χ2v) is 6.84. The Hall–Kier alpha value is -0.200. The van der Waals surface area contributed by atoms with E-state index in [1.807, 2.05) is 12.1 Å². The van der Waals surface area contributed by atoms with Crippen molar-refractivity contribution in [3.8, 4) is 11.5 Å². The normalized spacial score (nSPS) is 16.4. The van der Waals surface area contributed by atoms with Crippen LogP contribution in [-0.2, 0) is 0 Å². The quantitative estimate of drug-likeness (QED) is 0.742. The van der Waals surface area contributed by atoms with Gasteiger partial charge in [0.1, 0.15) is 0 Å². The molecule has 0 spiro atoms. The van der Waals surface area contributed by atoms with Crippen molar-refractivity contribution in [1.29, 1.82) is 0 Å². The lowest BCUT2D eigenvalue weighted by Gasteiger charge is -2.36. The minimum atomic E-state index is 0. The van der Waals surface area contributed by atoms with E-state index in [0.29, 0.717) is 22.2 Å². The van der Waals surface area contributed by atoms with E-state index in [1.165, 1.54) is 5.56 Å². The first kappa shape index (κ1) is 22.8. The molecule has 1 atom stereocenters. The Labute approximate surface area is 159 Å². The smallest absolute Gasteiger partial charge is 0.172 e. The van der Waals surface area contributed by atoms with E-state index in [-0.39, 0.29) is 30.6 Å². The van der Waals surface area contributed by atoms with Gasteiger partial charge < -0.3 is 15.2 Å². The van der Waals surface area contributed by atoms with Crippen molar-refractivity contribution >= 4 is 40.7 Å². The van der Waals surface area contributed by atoms with Gasteiger partial charge >= 0.3 is 0 Å². The number of nitrogens with zero attached hydrogens (tertiary/aromatic N) is 1. The predicted octanol–water partition coefficient (Wildman–Crippen LogP) is 4.00. The summed E-state index contributed by atoms with van der Waals surface area (Å²) in [7, 11) is 1.59. The number of nitrogens with one attached hydrogen (secondary N) is 1. The average molecular weight is 430 g/mol. The highest BCUT2D eigenvalue weighted by Gasteiger charge is 2.24. The summed E-state index contributed by atoms with van der Waals surface area (Å²) in [6, 6.07) is 4.35. The SMILES string of the molecule is COc1cc([C@H](CC(C)C)N2CCNCC2)cc(Br)c1O.Cl.Cl. The molecule has 0 radical (unpaired) electrons. The Balaban J connectivity index is 0.00000242. The number of benzene rings is 1. The molecule has 1 aromatic rings. The Kier molecular flexibility index (Phi) is 10.5. The van der Waals surface area contributed by atoms with Crippen molar-refractivity contribution in [3.63, 3.8) is 0 Å². The number of methoxy groups -OCH3 is 1. The highest BCUT2D eigenvalue weighted by molar-refractivity contribution is 9.10. The number of phenols is 1. The number of halogens is 3. The maximum Gasteiger partial charge on any atom is 0.172 e. The number of piperazine rings is 1. The van der Waals surface area contributed by atoms with Crippen molar-refractivity contribution in [2.75, 3.05) is 33.3 Å². The van der Waals surface area contributed by atoms with Gasteiger partial charge in [-0.2, -0.15) is 0 Å². The molecule has 1 fully saturated rings. The van der Waals surface area contributed by atoms with Crippen LogP contribution < -0.4 is 10.1 Å². The summed E-state index contributed by atoms with van der Waals surface area (Å²) >= 11 is 3.44. The van der Waals surface area contributed by atoms with Crippen molar-refractivity contribution in [2.24, 2.45) is 5.92 Å². The molecule has 0 amide bonds. The number of hydrogen-bond acceptors (Lipinski definition) is 4. The molecule has 4 nitrogen and oxygen atoms in total. The van der Waals surface area contributed by atoms with Crippen LogP contribution in [-0.4, -0.2) is 43.3 Å². The molecule has 2 rings (SSSR count). The molecular weight excluding hydrogens is 403 g/mol. The predicted molar refractivity (Wildman–Crippen MR) is 103 cm³/mol. The Bertz CT molecular complexity index is 483. The van der Waals surface area contributed by atoms with Gasteiger partial charge in [-0.1, -0.05) is 13.8 Å². The first-order chi connectivity index (χ1) is 10.0. The maximum atomic E-state index is 10.0. The van der Waals surface area contributed by atoms with Gasteiger partial charge in [-0.05, 0) is 46.0 Å². The molecule has 0 saturated carbocycles. The summed E-state index contributed by atoms with van der Waals surface area (Å²) in [5, 5.41) is 13.4. The van der Waals surface area contributed by atoms with Crippen LogP contribution in [0.25, 0.3) is 0 Å². The molecule has 1 aromatic carbocycles. The van der Waals surface area contributed by atoms with E-state index in [9.17, 15) is 5.11 Å². The van der Waals surface area contributed by atoms with Gasteiger partial charge in [-0.3, -0.25) is 4.90 Å². The van der Waals surface area contributed by atoms with Crippen molar-refractivity contribution < 1.29 is 9.84 Å². The van der Waals surface area contributed by atoms with Crippen LogP contribution in [0.5, 0.6) is 11.5 Å². The summed E-state index contributed by atoms with van der Waals surface area (Å²) in [5.41, 5.74) is 1.20. The zero-order chi connectivity index (χ0) is 15.4. The topological polar surface area (TPSA) is 44.7 Å². The van der Waals surface area contributed by atoms with Crippen LogP contribution in [0.15, 0.2) is 16.6 Å². The molecule has 1 aliphatic heterocycles. The van der Waals surface area contributed by atoms with Crippen molar-refractivity contribution in [3.05, 3.63) is 22.2 Å². The summed E-state index contributed by atoms with van der Waals surface area (Å²) in [5.74, 6) is 1.32. The second-order valence-electron chi connectivity index (χ2n) is 5.98. The van der Waals surface area contributed by atoms with E-state index in [1.54, 1.807) is 7.11 Å². The van der Waals surface area contributed by atoms with Crippen LogP contribution in [0, 0.1) is 5.92 Å². The van der Waals surface area contributed by atoms with E-state index in [2.05, 4.69) is 40.0 Å². The molecule has 0 aliphatic carbocycles. The number of rotatable bonds is 5. The van der Waals surface area contributed by atoms with Gasteiger partial charge in [0.2, 0.25) is 0 Å². The van der Waals surface area contributed by atoms with Gasteiger partial charge in [0.25, 0.3) is 0 Å². The van der Waals surface area contributed by atoms with Crippen LogP contribution in [0.2, 0.25) is 0 Å². The average Bonchev–Trinajstić information content (AvgIpc) is 2.48. The van der Waals surface area contributed by atoms with Gasteiger partial charge in [0.05, 0.1) is 11.6 Å². The van der Waals surface area contributed by atoms with Crippen LogP contribution in [0.1, 0.15) is 31.9 Å². The fourth-order valence-corrected chi connectivity index (χ4v) is 3.34. The zero-order valence-corrected chi connectivity index (χ0v) is 17.1. The van der Waals surface area contributed by atoms with Crippen LogP contribution in [0.3, 0.4) is 0 Å². The lowest BCUT2D eigenvalue weighted by Crippen LogP contribution is -2.45. The van der Waals surface area contributed by atoms with Gasteiger partial charge in [-0.15, -0.1) is 24.8 Å². The van der Waals surface area contributed by atoms with Crippen molar-refractivity contribution in [2.45, 2.75) is 26.3 Å². The van der Waals surface area contributed by atoms with Crippen LogP contribution in [0.4, 0.5) is 0 Å². The molecular formula is C16H27BrCl2N2O2. The molecule has 7 heteroatoms. The van der Waals surface area contributed by atoms with E-state index >= 15 is 0 Å². The first-order valence-electron chi connectivity index (χ1n) is 7.54. The minimum absolute atomic E-state index is 0. The molecule has 0 bridgehead atoms. The third-order valence-corrected chi connectivity index (χ3v) is 4.55. The third-order valence-electron chi connectivity index (χ3n) is 3.94. The monoisotopic (exact) mass is 428 g/mol. The standard InChI is InChI=1S/C16H25BrN2O2.2ClH/c1-11(2)8-14(19-6-4-18-5-7-19)12-9-13(17)16(20)15(10-12)21-3;;/h9-11,14,18,20H,4-8H2,1-3H3;2*1H/t14-;;/m0../s1. The first-order valence-corrected chi connectivity index (χ1v) is 8.33. The molecule has 134 valence electrons. The molecule has 1 heterocycles. The highest BCUT2D eigenvalue weighted by Crippen LogP contribution is 2.39. The number of hydrogen-bond donors (Lipinski definition) is 2. The number of aromatic hydroxyl groups is 1. The lowest BCUT2D eigenvalue weighted by molar-refractivity contribution is 0.153. The maximum absolute atomic E-state index is 10.0. The molecule has 2 N–H and O–H groups in total. The fraction of sp³-hybridized carbons (Fsp3) is 0.625. The summed E-state index contributed by atoms with van der Waals surface area (Å²) in [6.45, 7) is 8.68. The molecule has 1 aliphatic rings. The zero-order valence-electron chi connectivity index (χ0n) is 13.8. The Morgan fingerprint density at radius 1 is 1.26 bits per heavy atom. The van der Waals surface area contributed by atoms with Gasteiger partial charge in [0, 0.05) is 32.2 Å². The second kappa shape index (κ2) is 10.6.